The van der Waals surface area contributed by atoms with Gasteiger partial charge in [-0.05, 0) is 38.0 Å². The average molecular weight is 395 g/mol. The number of nitrogens with zero attached hydrogens (tertiary/aromatic N) is 2. The maximum absolute atomic E-state index is 12.7. The third-order valence-electron chi connectivity index (χ3n) is 5.54. The molecule has 0 spiro atoms. The van der Waals surface area contributed by atoms with Crippen molar-refractivity contribution in [1.29, 1.82) is 0 Å². The summed E-state index contributed by atoms with van der Waals surface area (Å²) in [6, 6.07) is 5.90. The fourth-order valence-corrected chi connectivity index (χ4v) is 3.86. The standard InChI is InChI=1S/C20H27F2N3O3/c1-14(18(26)23-16-6-2-3-7-16)24-9-11-25(12-10-24)19(27)15-5-4-8-17(13-15)28-20(21)22/h4-5,8,13-14,16,20H,2-3,6-7,9-12H2,1H3,(H,23,26). The van der Waals surface area contributed by atoms with Crippen molar-refractivity contribution in [2.24, 2.45) is 0 Å². The number of hydrogen-bond acceptors (Lipinski definition) is 4. The van der Waals surface area contributed by atoms with Gasteiger partial charge in [0.1, 0.15) is 5.75 Å². The first-order valence-electron chi connectivity index (χ1n) is 9.82. The Balaban J connectivity index is 1.51. The van der Waals surface area contributed by atoms with Crippen LogP contribution in [0.15, 0.2) is 24.3 Å². The summed E-state index contributed by atoms with van der Waals surface area (Å²) in [6.45, 7) is 1.13. The molecule has 1 aliphatic carbocycles. The van der Waals surface area contributed by atoms with Crippen LogP contribution in [0.25, 0.3) is 0 Å². The molecule has 28 heavy (non-hydrogen) atoms. The van der Waals surface area contributed by atoms with E-state index in [0.29, 0.717) is 37.8 Å². The van der Waals surface area contributed by atoms with E-state index in [1.807, 2.05) is 6.92 Å². The molecule has 1 heterocycles. The van der Waals surface area contributed by atoms with Crippen LogP contribution in [0, 0.1) is 0 Å². The Hall–Kier alpha value is -2.22. The Morgan fingerprint density at radius 3 is 2.46 bits per heavy atom. The number of carbonyl (C=O) groups excluding carboxylic acids is 2. The summed E-state index contributed by atoms with van der Waals surface area (Å²) >= 11 is 0. The van der Waals surface area contributed by atoms with Gasteiger partial charge >= 0.3 is 6.61 Å². The molecule has 1 N–H and O–H groups in total. The van der Waals surface area contributed by atoms with Crippen molar-refractivity contribution in [3.63, 3.8) is 0 Å². The fourth-order valence-electron chi connectivity index (χ4n) is 3.86. The first-order valence-corrected chi connectivity index (χ1v) is 9.82. The topological polar surface area (TPSA) is 61.9 Å². The highest BCUT2D eigenvalue weighted by molar-refractivity contribution is 5.94. The molecule has 1 saturated carbocycles. The molecule has 1 aliphatic heterocycles. The van der Waals surface area contributed by atoms with Crippen molar-refractivity contribution < 1.29 is 23.1 Å². The molecule has 1 unspecified atom stereocenters. The smallest absolute Gasteiger partial charge is 0.387 e. The molecule has 2 aliphatic rings. The Morgan fingerprint density at radius 2 is 1.82 bits per heavy atom. The first kappa shape index (κ1) is 20.5. The number of piperazine rings is 1. The summed E-state index contributed by atoms with van der Waals surface area (Å²) < 4.78 is 29.1. The van der Waals surface area contributed by atoms with Crippen LogP contribution >= 0.6 is 0 Å². The Labute approximate surface area is 163 Å². The van der Waals surface area contributed by atoms with Crippen LogP contribution in [-0.4, -0.2) is 66.5 Å². The summed E-state index contributed by atoms with van der Waals surface area (Å²) in [6.07, 6.45) is 4.44. The van der Waals surface area contributed by atoms with Gasteiger partial charge in [0.05, 0.1) is 6.04 Å². The second kappa shape index (κ2) is 9.32. The lowest BCUT2D eigenvalue weighted by Gasteiger charge is -2.37. The molecule has 6 nitrogen and oxygen atoms in total. The van der Waals surface area contributed by atoms with Gasteiger partial charge < -0.3 is 15.0 Å². The third kappa shape index (κ3) is 5.19. The summed E-state index contributed by atoms with van der Waals surface area (Å²) in [5, 5.41) is 3.12. The number of benzene rings is 1. The van der Waals surface area contributed by atoms with E-state index in [2.05, 4.69) is 15.0 Å². The zero-order valence-electron chi connectivity index (χ0n) is 16.1. The van der Waals surface area contributed by atoms with Crippen molar-refractivity contribution in [3.05, 3.63) is 29.8 Å². The third-order valence-corrected chi connectivity index (χ3v) is 5.54. The molecule has 154 valence electrons. The second-order valence-corrected chi connectivity index (χ2v) is 7.40. The second-order valence-electron chi connectivity index (χ2n) is 7.40. The molecule has 3 rings (SSSR count). The molecule has 0 bridgehead atoms. The molecule has 2 fully saturated rings. The Kier molecular flexibility index (Phi) is 6.83. The number of halogens is 2. The Morgan fingerprint density at radius 1 is 1.14 bits per heavy atom. The highest BCUT2D eigenvalue weighted by Crippen LogP contribution is 2.20. The van der Waals surface area contributed by atoms with Crippen LogP contribution in [0.3, 0.4) is 0 Å². The highest BCUT2D eigenvalue weighted by Gasteiger charge is 2.29. The lowest BCUT2D eigenvalue weighted by molar-refractivity contribution is -0.127. The van der Waals surface area contributed by atoms with E-state index in [1.54, 1.807) is 11.0 Å². The number of nitrogens with one attached hydrogen (secondary N) is 1. The van der Waals surface area contributed by atoms with E-state index in [-0.39, 0.29) is 23.6 Å². The minimum atomic E-state index is -2.93. The largest absolute Gasteiger partial charge is 0.435 e. The van der Waals surface area contributed by atoms with Gasteiger partial charge in [-0.15, -0.1) is 0 Å². The van der Waals surface area contributed by atoms with E-state index in [4.69, 9.17) is 0 Å². The van der Waals surface area contributed by atoms with E-state index < -0.39 is 6.61 Å². The van der Waals surface area contributed by atoms with E-state index in [1.165, 1.54) is 31.0 Å². The summed E-state index contributed by atoms with van der Waals surface area (Å²) in [5.41, 5.74) is 0.318. The highest BCUT2D eigenvalue weighted by atomic mass is 19.3. The minimum absolute atomic E-state index is 0.0308. The Bertz CT molecular complexity index is 687. The molecule has 1 aromatic carbocycles. The van der Waals surface area contributed by atoms with E-state index in [0.717, 1.165) is 12.8 Å². The maximum Gasteiger partial charge on any atom is 0.387 e. The lowest BCUT2D eigenvalue weighted by Crippen LogP contribution is -2.55. The van der Waals surface area contributed by atoms with Crippen molar-refractivity contribution in [3.8, 4) is 5.75 Å². The minimum Gasteiger partial charge on any atom is -0.435 e. The molecule has 0 aromatic heterocycles. The van der Waals surface area contributed by atoms with Crippen LogP contribution in [0.5, 0.6) is 5.75 Å². The quantitative estimate of drug-likeness (QED) is 0.804. The van der Waals surface area contributed by atoms with Gasteiger partial charge in [-0.1, -0.05) is 18.9 Å². The zero-order valence-corrected chi connectivity index (χ0v) is 16.1. The molecule has 0 radical (unpaired) electrons. The van der Waals surface area contributed by atoms with Gasteiger partial charge in [-0.2, -0.15) is 8.78 Å². The monoisotopic (exact) mass is 395 g/mol. The number of hydrogen-bond donors (Lipinski definition) is 1. The van der Waals surface area contributed by atoms with Crippen molar-refractivity contribution in [1.82, 2.24) is 15.1 Å². The maximum atomic E-state index is 12.7. The van der Waals surface area contributed by atoms with Gasteiger partial charge in [-0.25, -0.2) is 0 Å². The first-order chi connectivity index (χ1) is 13.4. The van der Waals surface area contributed by atoms with Gasteiger partial charge in [0.25, 0.3) is 5.91 Å². The molecule has 2 amide bonds. The van der Waals surface area contributed by atoms with Crippen molar-refractivity contribution in [2.45, 2.75) is 51.3 Å². The molecular weight excluding hydrogens is 368 g/mol. The van der Waals surface area contributed by atoms with Crippen molar-refractivity contribution in [2.75, 3.05) is 26.2 Å². The molecule has 1 atom stereocenters. The van der Waals surface area contributed by atoms with E-state index >= 15 is 0 Å². The predicted molar refractivity (Wildman–Crippen MR) is 100 cm³/mol. The van der Waals surface area contributed by atoms with Gasteiger partial charge in [0.2, 0.25) is 5.91 Å². The number of rotatable bonds is 6. The predicted octanol–water partition coefficient (Wildman–Crippen LogP) is 2.49. The SMILES string of the molecule is CC(C(=O)NC1CCCC1)N1CCN(C(=O)c2cccc(OC(F)F)c2)CC1. The normalized spacial score (nSPS) is 19.6. The summed E-state index contributed by atoms with van der Waals surface area (Å²) in [5.74, 6) is -0.206. The summed E-state index contributed by atoms with van der Waals surface area (Å²) in [7, 11) is 0. The number of alkyl halides is 2. The zero-order chi connectivity index (χ0) is 20.1. The molecule has 8 heteroatoms. The van der Waals surface area contributed by atoms with Crippen molar-refractivity contribution >= 4 is 11.8 Å². The van der Waals surface area contributed by atoms with Crippen LogP contribution in [-0.2, 0) is 4.79 Å². The van der Waals surface area contributed by atoms with Crippen LogP contribution in [0.2, 0.25) is 0 Å². The molecular formula is C20H27F2N3O3. The van der Waals surface area contributed by atoms with Gasteiger partial charge in [-0.3, -0.25) is 14.5 Å². The van der Waals surface area contributed by atoms with Gasteiger partial charge in [0.15, 0.2) is 0 Å². The van der Waals surface area contributed by atoms with Crippen LogP contribution in [0.1, 0.15) is 43.0 Å². The molecule has 1 aromatic rings. The fraction of sp³-hybridized carbons (Fsp3) is 0.600. The number of amides is 2. The van der Waals surface area contributed by atoms with Crippen LogP contribution in [0.4, 0.5) is 8.78 Å². The van der Waals surface area contributed by atoms with Gasteiger partial charge in [0, 0.05) is 37.8 Å². The van der Waals surface area contributed by atoms with Crippen LogP contribution < -0.4 is 10.1 Å². The lowest BCUT2D eigenvalue weighted by atomic mass is 10.1. The number of ether oxygens (including phenoxy) is 1. The number of carbonyl (C=O) groups is 2. The van der Waals surface area contributed by atoms with E-state index in [9.17, 15) is 18.4 Å². The average Bonchev–Trinajstić information content (AvgIpc) is 3.19. The summed E-state index contributed by atoms with van der Waals surface area (Å²) in [4.78, 5) is 28.9. The molecule has 1 saturated heterocycles.